The summed E-state index contributed by atoms with van der Waals surface area (Å²) in [7, 11) is 3.95. The van der Waals surface area contributed by atoms with Crippen molar-refractivity contribution in [2.75, 3.05) is 25.5 Å². The molecule has 2 atom stereocenters. The van der Waals surface area contributed by atoms with Crippen molar-refractivity contribution in [2.24, 2.45) is 0 Å². The lowest BCUT2D eigenvalue weighted by Gasteiger charge is -2.30. The zero-order valence-corrected chi connectivity index (χ0v) is 11.9. The maximum absolute atomic E-state index is 12.3. The second-order valence-corrected chi connectivity index (χ2v) is 5.41. The maximum atomic E-state index is 12.3. The lowest BCUT2D eigenvalue weighted by Crippen LogP contribution is -2.51. The van der Waals surface area contributed by atoms with Crippen molar-refractivity contribution < 1.29 is 4.79 Å². The summed E-state index contributed by atoms with van der Waals surface area (Å²) in [5.74, 6) is 0.0178. The van der Waals surface area contributed by atoms with Gasteiger partial charge in [-0.3, -0.25) is 4.79 Å². The molecule has 4 heteroatoms. The molecule has 1 aromatic carbocycles. The van der Waals surface area contributed by atoms with Gasteiger partial charge in [0.2, 0.25) is 0 Å². The summed E-state index contributed by atoms with van der Waals surface area (Å²) in [6, 6.07) is 8.28. The van der Waals surface area contributed by atoms with E-state index in [1.54, 1.807) is 0 Å². The predicted octanol–water partition coefficient (Wildman–Crippen LogP) is 1.62. The molecule has 0 aliphatic carbocycles. The van der Waals surface area contributed by atoms with Gasteiger partial charge in [-0.2, -0.15) is 0 Å². The van der Waals surface area contributed by atoms with E-state index in [0.717, 1.165) is 30.6 Å². The molecule has 0 bridgehead atoms. The van der Waals surface area contributed by atoms with Crippen molar-refractivity contribution >= 4 is 11.6 Å². The summed E-state index contributed by atoms with van der Waals surface area (Å²) in [5.41, 5.74) is 1.77. The van der Waals surface area contributed by atoms with Crippen molar-refractivity contribution in [1.29, 1.82) is 0 Å². The first-order chi connectivity index (χ1) is 9.08. The Morgan fingerprint density at radius 2 is 2.21 bits per heavy atom. The summed E-state index contributed by atoms with van der Waals surface area (Å²) in [4.78, 5) is 14.3. The van der Waals surface area contributed by atoms with Gasteiger partial charge in [0, 0.05) is 37.4 Å². The lowest BCUT2D eigenvalue weighted by molar-refractivity contribution is 0.0920. The fourth-order valence-electron chi connectivity index (χ4n) is 2.42. The number of hydrogen-bond acceptors (Lipinski definition) is 3. The van der Waals surface area contributed by atoms with Crippen molar-refractivity contribution in [1.82, 2.24) is 10.6 Å². The van der Waals surface area contributed by atoms with E-state index >= 15 is 0 Å². The van der Waals surface area contributed by atoms with Crippen molar-refractivity contribution in [3.63, 3.8) is 0 Å². The second kappa shape index (κ2) is 6.06. The molecule has 1 aliphatic heterocycles. The molecule has 1 aliphatic rings. The molecular weight excluding hydrogens is 238 g/mol. The van der Waals surface area contributed by atoms with Gasteiger partial charge < -0.3 is 15.5 Å². The zero-order chi connectivity index (χ0) is 13.8. The monoisotopic (exact) mass is 261 g/mol. The maximum Gasteiger partial charge on any atom is 0.251 e. The van der Waals surface area contributed by atoms with Crippen LogP contribution in [0.15, 0.2) is 24.3 Å². The van der Waals surface area contributed by atoms with Gasteiger partial charge in [-0.25, -0.2) is 0 Å². The minimum absolute atomic E-state index is 0.0178. The number of amides is 1. The summed E-state index contributed by atoms with van der Waals surface area (Å²) in [6.45, 7) is 3.17. The zero-order valence-electron chi connectivity index (χ0n) is 11.9. The van der Waals surface area contributed by atoms with E-state index in [9.17, 15) is 4.79 Å². The van der Waals surface area contributed by atoms with Gasteiger partial charge in [0.1, 0.15) is 0 Å². The Morgan fingerprint density at radius 1 is 1.42 bits per heavy atom. The smallest absolute Gasteiger partial charge is 0.251 e. The molecule has 2 N–H and O–H groups in total. The summed E-state index contributed by atoms with van der Waals surface area (Å²) >= 11 is 0. The molecule has 1 saturated heterocycles. The number of anilines is 1. The summed E-state index contributed by atoms with van der Waals surface area (Å²) in [6.07, 6.45) is 2.17. The lowest BCUT2D eigenvalue weighted by atomic mass is 9.99. The molecule has 2 rings (SSSR count). The van der Waals surface area contributed by atoms with Crippen LogP contribution in [0, 0.1) is 0 Å². The number of carbonyl (C=O) groups excluding carboxylic acids is 1. The highest BCUT2D eigenvalue weighted by atomic mass is 16.1. The normalized spacial score (nSPS) is 22.9. The number of piperidine rings is 1. The van der Waals surface area contributed by atoms with E-state index in [-0.39, 0.29) is 11.9 Å². The Morgan fingerprint density at radius 3 is 2.89 bits per heavy atom. The van der Waals surface area contributed by atoms with Crippen LogP contribution in [0.4, 0.5) is 5.69 Å². The average Bonchev–Trinajstić information content (AvgIpc) is 2.41. The molecule has 1 aromatic rings. The standard InChI is InChI=1S/C15H23N3O/c1-11-14(8-5-9-16-11)17-15(19)12-6-4-7-13(10-12)18(2)3/h4,6-7,10-11,14,16H,5,8-9H2,1-3H3,(H,17,19). The number of nitrogens with one attached hydrogen (secondary N) is 2. The topological polar surface area (TPSA) is 44.4 Å². The highest BCUT2D eigenvalue weighted by Gasteiger charge is 2.22. The fourth-order valence-corrected chi connectivity index (χ4v) is 2.42. The third-order valence-electron chi connectivity index (χ3n) is 3.70. The molecule has 4 nitrogen and oxygen atoms in total. The van der Waals surface area contributed by atoms with E-state index in [1.165, 1.54) is 0 Å². The Bertz CT molecular complexity index is 445. The first-order valence-corrected chi connectivity index (χ1v) is 6.89. The third-order valence-corrected chi connectivity index (χ3v) is 3.70. The number of benzene rings is 1. The fraction of sp³-hybridized carbons (Fsp3) is 0.533. The Kier molecular flexibility index (Phi) is 4.43. The highest BCUT2D eigenvalue weighted by molar-refractivity contribution is 5.95. The first kappa shape index (κ1) is 13.9. The molecule has 0 radical (unpaired) electrons. The molecule has 1 amide bonds. The van der Waals surface area contributed by atoms with Crippen LogP contribution < -0.4 is 15.5 Å². The van der Waals surface area contributed by atoms with Gasteiger partial charge in [0.15, 0.2) is 0 Å². The molecule has 1 heterocycles. The minimum atomic E-state index is 0.0178. The largest absolute Gasteiger partial charge is 0.378 e. The Labute approximate surface area is 115 Å². The van der Waals surface area contributed by atoms with E-state index in [1.807, 2.05) is 43.3 Å². The number of hydrogen-bond donors (Lipinski definition) is 2. The number of carbonyl (C=O) groups is 1. The van der Waals surface area contributed by atoms with Crippen LogP contribution in [0.25, 0.3) is 0 Å². The van der Waals surface area contributed by atoms with Crippen LogP contribution in [-0.2, 0) is 0 Å². The van der Waals surface area contributed by atoms with Crippen LogP contribution in [0.1, 0.15) is 30.1 Å². The third kappa shape index (κ3) is 3.47. The molecular formula is C15H23N3O. The van der Waals surface area contributed by atoms with E-state index in [0.29, 0.717) is 6.04 Å². The minimum Gasteiger partial charge on any atom is -0.378 e. The molecule has 0 saturated carbocycles. The van der Waals surface area contributed by atoms with Crippen LogP contribution >= 0.6 is 0 Å². The van der Waals surface area contributed by atoms with E-state index in [4.69, 9.17) is 0 Å². The van der Waals surface area contributed by atoms with Gasteiger partial charge in [-0.05, 0) is 44.5 Å². The summed E-state index contributed by atoms with van der Waals surface area (Å²) < 4.78 is 0. The van der Waals surface area contributed by atoms with E-state index < -0.39 is 0 Å². The van der Waals surface area contributed by atoms with Crippen molar-refractivity contribution in [2.45, 2.75) is 31.8 Å². The highest BCUT2D eigenvalue weighted by Crippen LogP contribution is 2.14. The second-order valence-electron chi connectivity index (χ2n) is 5.41. The van der Waals surface area contributed by atoms with Gasteiger partial charge in [-0.1, -0.05) is 6.07 Å². The molecule has 1 fully saturated rings. The van der Waals surface area contributed by atoms with Crippen LogP contribution in [-0.4, -0.2) is 38.6 Å². The molecule has 19 heavy (non-hydrogen) atoms. The predicted molar refractivity (Wildman–Crippen MR) is 78.7 cm³/mol. The average molecular weight is 261 g/mol. The van der Waals surface area contributed by atoms with E-state index in [2.05, 4.69) is 17.6 Å². The molecule has 2 unspecified atom stereocenters. The molecule has 104 valence electrons. The Balaban J connectivity index is 2.05. The molecule has 0 aromatic heterocycles. The van der Waals surface area contributed by atoms with Gasteiger partial charge >= 0.3 is 0 Å². The van der Waals surface area contributed by atoms with Gasteiger partial charge in [0.05, 0.1) is 0 Å². The Hall–Kier alpha value is -1.55. The van der Waals surface area contributed by atoms with Crippen molar-refractivity contribution in [3.05, 3.63) is 29.8 Å². The van der Waals surface area contributed by atoms with Crippen LogP contribution in [0.2, 0.25) is 0 Å². The van der Waals surface area contributed by atoms with Crippen LogP contribution in [0.3, 0.4) is 0 Å². The van der Waals surface area contributed by atoms with Crippen LogP contribution in [0.5, 0.6) is 0 Å². The first-order valence-electron chi connectivity index (χ1n) is 6.89. The molecule has 0 spiro atoms. The summed E-state index contributed by atoms with van der Waals surface area (Å²) in [5, 5.41) is 6.53. The number of rotatable bonds is 3. The quantitative estimate of drug-likeness (QED) is 0.869. The van der Waals surface area contributed by atoms with Crippen molar-refractivity contribution in [3.8, 4) is 0 Å². The van der Waals surface area contributed by atoms with Gasteiger partial charge in [0.25, 0.3) is 5.91 Å². The SMILES string of the molecule is CC1NCCCC1NC(=O)c1cccc(N(C)C)c1. The number of nitrogens with zero attached hydrogens (tertiary/aromatic N) is 1. The van der Waals surface area contributed by atoms with Gasteiger partial charge in [-0.15, -0.1) is 0 Å².